The molecule has 0 fully saturated rings. The van der Waals surface area contributed by atoms with Gasteiger partial charge in [-0.2, -0.15) is 0 Å². The molecule has 0 bridgehead atoms. The van der Waals surface area contributed by atoms with Crippen LogP contribution in [0.1, 0.15) is 29.8 Å². The monoisotopic (exact) mass is 278 g/mol. The summed E-state index contributed by atoms with van der Waals surface area (Å²) in [5.74, 6) is 0.341. The molecule has 1 aromatic carbocycles. The molecule has 0 N–H and O–H groups in total. The Balaban J connectivity index is 1.65. The highest BCUT2D eigenvalue weighted by molar-refractivity contribution is 5.15. The fourth-order valence-electron chi connectivity index (χ4n) is 2.37. The van der Waals surface area contributed by atoms with Crippen molar-refractivity contribution in [1.82, 2.24) is 20.0 Å². The van der Waals surface area contributed by atoms with Crippen LogP contribution < -0.4 is 0 Å². The predicted molar refractivity (Wildman–Crippen MR) is 81.9 cm³/mol. The maximum absolute atomic E-state index is 4.39. The SMILES string of the molecule is CC(Cc1cn(Cc2ccccc2)nn1)c1ccccn1. The van der Waals surface area contributed by atoms with Gasteiger partial charge in [-0.1, -0.05) is 48.5 Å². The molecule has 4 nitrogen and oxygen atoms in total. The molecule has 0 aliphatic rings. The Morgan fingerprint density at radius 3 is 2.62 bits per heavy atom. The summed E-state index contributed by atoms with van der Waals surface area (Å²) in [5.41, 5.74) is 3.32. The first kappa shape index (κ1) is 13.5. The van der Waals surface area contributed by atoms with Gasteiger partial charge in [0.2, 0.25) is 0 Å². The van der Waals surface area contributed by atoms with Crippen molar-refractivity contribution in [3.05, 3.63) is 77.9 Å². The number of nitrogens with zero attached hydrogens (tertiary/aromatic N) is 4. The Hall–Kier alpha value is -2.49. The van der Waals surface area contributed by atoms with Crippen LogP contribution in [0, 0.1) is 0 Å². The van der Waals surface area contributed by atoms with E-state index in [1.165, 1.54) is 5.56 Å². The van der Waals surface area contributed by atoms with Crippen LogP contribution in [-0.2, 0) is 13.0 Å². The third kappa shape index (κ3) is 3.54. The van der Waals surface area contributed by atoms with Crippen molar-refractivity contribution in [3.63, 3.8) is 0 Å². The van der Waals surface area contributed by atoms with E-state index in [-0.39, 0.29) is 0 Å². The van der Waals surface area contributed by atoms with Gasteiger partial charge in [0.15, 0.2) is 0 Å². The van der Waals surface area contributed by atoms with Crippen molar-refractivity contribution in [2.75, 3.05) is 0 Å². The van der Waals surface area contributed by atoms with Crippen molar-refractivity contribution < 1.29 is 0 Å². The molecule has 21 heavy (non-hydrogen) atoms. The van der Waals surface area contributed by atoms with Crippen LogP contribution in [0.3, 0.4) is 0 Å². The molecule has 106 valence electrons. The molecule has 0 saturated carbocycles. The lowest BCUT2D eigenvalue weighted by molar-refractivity contribution is 0.648. The average Bonchev–Trinajstić information content (AvgIpc) is 2.96. The van der Waals surface area contributed by atoms with E-state index in [2.05, 4.69) is 40.4 Å². The van der Waals surface area contributed by atoms with Crippen LogP contribution in [0.25, 0.3) is 0 Å². The first-order valence-electron chi connectivity index (χ1n) is 7.15. The van der Waals surface area contributed by atoms with E-state index in [1.54, 1.807) is 0 Å². The van der Waals surface area contributed by atoms with Crippen LogP contribution in [0.2, 0.25) is 0 Å². The molecule has 4 heteroatoms. The van der Waals surface area contributed by atoms with E-state index in [9.17, 15) is 0 Å². The first-order chi connectivity index (χ1) is 10.3. The summed E-state index contributed by atoms with van der Waals surface area (Å²) in [4.78, 5) is 4.39. The fourth-order valence-corrected chi connectivity index (χ4v) is 2.37. The van der Waals surface area contributed by atoms with Crippen molar-refractivity contribution in [2.24, 2.45) is 0 Å². The van der Waals surface area contributed by atoms with Gasteiger partial charge in [0.1, 0.15) is 0 Å². The summed E-state index contributed by atoms with van der Waals surface area (Å²) in [6.07, 6.45) is 4.70. The number of benzene rings is 1. The standard InChI is InChI=1S/C17H18N4/c1-14(17-9-5-6-10-18-17)11-16-13-21(20-19-16)12-15-7-3-2-4-8-15/h2-10,13-14H,11-12H2,1H3. The Kier molecular flexibility index (Phi) is 4.05. The average molecular weight is 278 g/mol. The van der Waals surface area contributed by atoms with Crippen molar-refractivity contribution in [3.8, 4) is 0 Å². The van der Waals surface area contributed by atoms with E-state index in [0.29, 0.717) is 5.92 Å². The molecule has 1 atom stereocenters. The summed E-state index contributed by atoms with van der Waals surface area (Å²) < 4.78 is 1.88. The molecule has 2 aromatic heterocycles. The predicted octanol–water partition coefficient (Wildman–Crippen LogP) is 3.07. The van der Waals surface area contributed by atoms with Crippen LogP contribution in [0.15, 0.2) is 60.9 Å². The zero-order valence-corrected chi connectivity index (χ0v) is 12.1. The van der Waals surface area contributed by atoms with Crippen LogP contribution in [0.4, 0.5) is 0 Å². The quantitative estimate of drug-likeness (QED) is 0.720. The second kappa shape index (κ2) is 6.31. The summed E-state index contributed by atoms with van der Waals surface area (Å²) in [6.45, 7) is 2.92. The number of hydrogen-bond donors (Lipinski definition) is 0. The minimum Gasteiger partial charge on any atom is -0.261 e. The van der Waals surface area contributed by atoms with E-state index >= 15 is 0 Å². The normalized spacial score (nSPS) is 12.2. The summed E-state index contributed by atoms with van der Waals surface area (Å²) in [5, 5.41) is 8.47. The Morgan fingerprint density at radius 1 is 1.05 bits per heavy atom. The van der Waals surface area contributed by atoms with Gasteiger partial charge in [-0.25, -0.2) is 4.68 Å². The van der Waals surface area contributed by atoms with Gasteiger partial charge in [0, 0.05) is 30.4 Å². The fraction of sp³-hybridized carbons (Fsp3) is 0.235. The molecule has 1 unspecified atom stereocenters. The number of aromatic nitrogens is 4. The van der Waals surface area contributed by atoms with Crippen LogP contribution in [0.5, 0.6) is 0 Å². The number of hydrogen-bond acceptors (Lipinski definition) is 3. The molecule has 3 rings (SSSR count). The highest BCUT2D eigenvalue weighted by Gasteiger charge is 2.10. The van der Waals surface area contributed by atoms with Gasteiger partial charge in [0.05, 0.1) is 12.2 Å². The molecule has 0 aliphatic carbocycles. The van der Waals surface area contributed by atoms with E-state index in [0.717, 1.165) is 24.4 Å². The van der Waals surface area contributed by atoms with E-state index in [1.807, 2.05) is 47.4 Å². The topological polar surface area (TPSA) is 43.6 Å². The van der Waals surface area contributed by atoms with Crippen molar-refractivity contribution in [1.29, 1.82) is 0 Å². The summed E-state index contributed by atoms with van der Waals surface area (Å²) in [7, 11) is 0. The van der Waals surface area contributed by atoms with Crippen LogP contribution >= 0.6 is 0 Å². The number of rotatable bonds is 5. The number of pyridine rings is 1. The summed E-state index contributed by atoms with van der Waals surface area (Å²) in [6, 6.07) is 16.3. The lowest BCUT2D eigenvalue weighted by Crippen LogP contribution is -2.01. The maximum Gasteiger partial charge on any atom is 0.0833 e. The highest BCUT2D eigenvalue weighted by atomic mass is 15.4. The molecular formula is C17H18N4. The highest BCUT2D eigenvalue weighted by Crippen LogP contribution is 2.16. The Morgan fingerprint density at radius 2 is 1.86 bits per heavy atom. The third-order valence-corrected chi connectivity index (χ3v) is 3.48. The molecule has 0 amide bonds. The van der Waals surface area contributed by atoms with Crippen molar-refractivity contribution >= 4 is 0 Å². The third-order valence-electron chi connectivity index (χ3n) is 3.48. The second-order valence-electron chi connectivity index (χ2n) is 5.25. The minimum absolute atomic E-state index is 0.341. The van der Waals surface area contributed by atoms with Gasteiger partial charge < -0.3 is 0 Å². The molecular weight excluding hydrogens is 260 g/mol. The Bertz CT molecular complexity index is 676. The zero-order chi connectivity index (χ0) is 14.5. The Labute approximate surface area is 124 Å². The smallest absolute Gasteiger partial charge is 0.0833 e. The van der Waals surface area contributed by atoms with Gasteiger partial charge >= 0.3 is 0 Å². The molecule has 0 radical (unpaired) electrons. The molecule has 0 aliphatic heterocycles. The molecule has 3 aromatic rings. The zero-order valence-electron chi connectivity index (χ0n) is 12.1. The van der Waals surface area contributed by atoms with Crippen molar-refractivity contribution in [2.45, 2.75) is 25.8 Å². The molecule has 0 saturated heterocycles. The van der Waals surface area contributed by atoms with Gasteiger partial charge in [-0.05, 0) is 17.7 Å². The largest absolute Gasteiger partial charge is 0.261 e. The lowest BCUT2D eigenvalue weighted by atomic mass is 10.0. The van der Waals surface area contributed by atoms with Gasteiger partial charge in [0.25, 0.3) is 0 Å². The molecule has 0 spiro atoms. The second-order valence-corrected chi connectivity index (χ2v) is 5.25. The van der Waals surface area contributed by atoms with Crippen LogP contribution in [-0.4, -0.2) is 20.0 Å². The maximum atomic E-state index is 4.39. The minimum atomic E-state index is 0.341. The first-order valence-corrected chi connectivity index (χ1v) is 7.15. The van der Waals surface area contributed by atoms with Gasteiger partial charge in [-0.15, -0.1) is 5.10 Å². The molecule has 2 heterocycles. The summed E-state index contributed by atoms with van der Waals surface area (Å²) >= 11 is 0. The van der Waals surface area contributed by atoms with Gasteiger partial charge in [-0.3, -0.25) is 4.98 Å². The lowest BCUT2D eigenvalue weighted by Gasteiger charge is -2.07. The van der Waals surface area contributed by atoms with E-state index < -0.39 is 0 Å². The van der Waals surface area contributed by atoms with E-state index in [4.69, 9.17) is 0 Å².